The Morgan fingerprint density at radius 3 is 2.00 bits per heavy atom. The molecule has 4 nitrogen and oxygen atoms in total. The lowest BCUT2D eigenvalue weighted by molar-refractivity contribution is -0.161. The predicted octanol–water partition coefficient (Wildman–Crippen LogP) is 4.60. The smallest absolute Gasteiger partial charge is 0.320 e. The van der Waals surface area contributed by atoms with Gasteiger partial charge in [0.15, 0.2) is 5.92 Å². The first-order valence-electron chi connectivity index (χ1n) is 8.75. The van der Waals surface area contributed by atoms with Crippen molar-refractivity contribution in [3.05, 3.63) is 24.3 Å². The molecule has 25 heavy (non-hydrogen) atoms. The second-order valence-electron chi connectivity index (χ2n) is 6.28. The van der Waals surface area contributed by atoms with E-state index in [1.807, 2.05) is 30.4 Å². The van der Waals surface area contributed by atoms with E-state index in [0.29, 0.717) is 0 Å². The average Bonchev–Trinajstić information content (AvgIpc) is 2.52. The number of rotatable bonds is 10. The number of carbonyl (C=O) groups excluding carboxylic acids is 2. The van der Waals surface area contributed by atoms with Crippen LogP contribution < -0.4 is 0 Å². The molecular weight excluding hydrogens is 356 g/mol. The molecule has 0 aromatic rings. The van der Waals surface area contributed by atoms with Gasteiger partial charge in [-0.15, -0.1) is 30.1 Å². The molecule has 1 saturated heterocycles. The molecule has 0 atom stereocenters. The molecule has 0 amide bonds. The minimum absolute atomic E-state index is 0.00897. The summed E-state index contributed by atoms with van der Waals surface area (Å²) in [5.74, 6) is 0.257. The molecule has 0 N–H and O–H groups in total. The first-order chi connectivity index (χ1) is 11.8. The monoisotopic (exact) mass is 386 g/mol. The van der Waals surface area contributed by atoms with E-state index in [1.54, 1.807) is 13.8 Å². The zero-order valence-corrected chi connectivity index (χ0v) is 17.2. The van der Waals surface area contributed by atoms with Gasteiger partial charge in [0.1, 0.15) is 0 Å². The van der Waals surface area contributed by atoms with Crippen LogP contribution in [0.4, 0.5) is 0 Å². The Kier molecular flexibility index (Phi) is 9.72. The van der Waals surface area contributed by atoms with Crippen LogP contribution in [0.5, 0.6) is 0 Å². The minimum Gasteiger partial charge on any atom is -0.465 e. The SMILES string of the molecule is C=C(C)CC1(CC(=C)CC(C(=O)OCC)C(=O)OCC)SCCCS1. The van der Waals surface area contributed by atoms with Gasteiger partial charge < -0.3 is 9.47 Å². The second-order valence-corrected chi connectivity index (χ2v) is 9.50. The topological polar surface area (TPSA) is 52.6 Å². The van der Waals surface area contributed by atoms with E-state index in [1.165, 1.54) is 6.42 Å². The molecule has 142 valence electrons. The van der Waals surface area contributed by atoms with Crippen LogP contribution in [0.2, 0.25) is 0 Å². The highest BCUT2D eigenvalue weighted by Crippen LogP contribution is 2.50. The van der Waals surface area contributed by atoms with Crippen LogP contribution in [-0.4, -0.2) is 40.7 Å². The number of carbonyl (C=O) groups is 2. The van der Waals surface area contributed by atoms with Crippen LogP contribution in [0.15, 0.2) is 24.3 Å². The summed E-state index contributed by atoms with van der Waals surface area (Å²) in [6.45, 7) is 14.2. The molecule has 6 heteroatoms. The predicted molar refractivity (Wildman–Crippen MR) is 107 cm³/mol. The van der Waals surface area contributed by atoms with Crippen LogP contribution in [0, 0.1) is 5.92 Å². The summed E-state index contributed by atoms with van der Waals surface area (Å²) in [4.78, 5) is 24.3. The fourth-order valence-corrected chi connectivity index (χ4v) is 6.48. The maximum Gasteiger partial charge on any atom is 0.320 e. The fourth-order valence-electron chi connectivity index (χ4n) is 2.83. The van der Waals surface area contributed by atoms with Crippen molar-refractivity contribution in [2.75, 3.05) is 24.7 Å². The summed E-state index contributed by atoms with van der Waals surface area (Å²) < 4.78 is 10.1. The van der Waals surface area contributed by atoms with Crippen molar-refractivity contribution < 1.29 is 19.1 Å². The molecule has 0 radical (unpaired) electrons. The van der Waals surface area contributed by atoms with Gasteiger partial charge in [-0.05, 0) is 58.0 Å². The molecular formula is C19H30O4S2. The van der Waals surface area contributed by atoms with Crippen molar-refractivity contribution in [2.24, 2.45) is 5.92 Å². The van der Waals surface area contributed by atoms with Gasteiger partial charge in [0, 0.05) is 0 Å². The number of hydrogen-bond donors (Lipinski definition) is 0. The molecule has 1 fully saturated rings. The van der Waals surface area contributed by atoms with Crippen LogP contribution in [0.1, 0.15) is 46.5 Å². The maximum absolute atomic E-state index is 12.2. The quantitative estimate of drug-likeness (QED) is 0.311. The maximum atomic E-state index is 12.2. The highest BCUT2D eigenvalue weighted by Gasteiger charge is 2.36. The van der Waals surface area contributed by atoms with Gasteiger partial charge >= 0.3 is 11.9 Å². The Morgan fingerprint density at radius 2 is 1.56 bits per heavy atom. The van der Waals surface area contributed by atoms with Crippen LogP contribution in [0.3, 0.4) is 0 Å². The van der Waals surface area contributed by atoms with Crippen molar-refractivity contribution >= 4 is 35.5 Å². The van der Waals surface area contributed by atoms with Crippen LogP contribution in [0.25, 0.3) is 0 Å². The number of hydrogen-bond acceptors (Lipinski definition) is 6. The minimum atomic E-state index is -0.923. The number of allylic oxidation sites excluding steroid dienone is 2. The molecule has 0 aliphatic carbocycles. The van der Waals surface area contributed by atoms with Crippen LogP contribution in [-0.2, 0) is 19.1 Å². The van der Waals surface area contributed by atoms with Crippen molar-refractivity contribution in [3.8, 4) is 0 Å². The lowest BCUT2D eigenvalue weighted by Gasteiger charge is -2.37. The first kappa shape index (κ1) is 22.2. The summed E-state index contributed by atoms with van der Waals surface area (Å²) in [5, 5.41) is 0. The summed E-state index contributed by atoms with van der Waals surface area (Å²) in [6, 6.07) is 0. The van der Waals surface area contributed by atoms with E-state index in [0.717, 1.165) is 35.5 Å². The van der Waals surface area contributed by atoms with E-state index >= 15 is 0 Å². The zero-order chi connectivity index (χ0) is 18.9. The van der Waals surface area contributed by atoms with Gasteiger partial charge in [0.05, 0.1) is 17.3 Å². The molecule has 0 saturated carbocycles. The molecule has 1 rings (SSSR count). The molecule has 1 aliphatic rings. The van der Waals surface area contributed by atoms with Crippen molar-refractivity contribution in [1.82, 2.24) is 0 Å². The third-order valence-electron chi connectivity index (χ3n) is 3.74. The molecule has 1 heterocycles. The summed E-state index contributed by atoms with van der Waals surface area (Å²) in [5.41, 5.74) is 2.02. The van der Waals surface area contributed by atoms with E-state index in [2.05, 4.69) is 13.2 Å². The summed E-state index contributed by atoms with van der Waals surface area (Å²) in [7, 11) is 0. The summed E-state index contributed by atoms with van der Waals surface area (Å²) in [6.07, 6.45) is 3.14. The molecule has 0 aromatic carbocycles. The average molecular weight is 387 g/mol. The van der Waals surface area contributed by atoms with Gasteiger partial charge in [0.2, 0.25) is 0 Å². The third-order valence-corrected chi connectivity index (χ3v) is 7.07. The fraction of sp³-hybridized carbons (Fsp3) is 0.684. The highest BCUT2D eigenvalue weighted by atomic mass is 32.2. The molecule has 1 aliphatic heterocycles. The van der Waals surface area contributed by atoms with E-state index in [-0.39, 0.29) is 23.7 Å². The zero-order valence-electron chi connectivity index (χ0n) is 15.6. The van der Waals surface area contributed by atoms with Crippen molar-refractivity contribution in [1.29, 1.82) is 0 Å². The third kappa shape index (κ3) is 7.48. The number of ether oxygens (including phenoxy) is 2. The Labute approximate surface area is 160 Å². The van der Waals surface area contributed by atoms with Crippen molar-refractivity contribution in [3.63, 3.8) is 0 Å². The van der Waals surface area contributed by atoms with E-state index in [4.69, 9.17) is 9.47 Å². The Hall–Kier alpha value is -0.880. The van der Waals surface area contributed by atoms with Gasteiger partial charge in [-0.2, -0.15) is 0 Å². The van der Waals surface area contributed by atoms with E-state index in [9.17, 15) is 9.59 Å². The van der Waals surface area contributed by atoms with E-state index < -0.39 is 17.9 Å². The number of thioether (sulfide) groups is 2. The first-order valence-corrected chi connectivity index (χ1v) is 10.7. The van der Waals surface area contributed by atoms with Gasteiger partial charge in [-0.1, -0.05) is 17.7 Å². The van der Waals surface area contributed by atoms with Crippen molar-refractivity contribution in [2.45, 2.75) is 50.5 Å². The Bertz CT molecular complexity index is 478. The Morgan fingerprint density at radius 1 is 1.04 bits per heavy atom. The van der Waals surface area contributed by atoms with Gasteiger partial charge in [-0.25, -0.2) is 0 Å². The summed E-state index contributed by atoms with van der Waals surface area (Å²) >= 11 is 3.88. The number of esters is 2. The largest absolute Gasteiger partial charge is 0.465 e. The lowest BCUT2D eigenvalue weighted by Crippen LogP contribution is -2.30. The van der Waals surface area contributed by atoms with Gasteiger partial charge in [-0.3, -0.25) is 9.59 Å². The standard InChI is InChI=1S/C19H30O4S2/c1-6-22-17(20)16(18(21)23-7-2)11-15(5)13-19(12-14(3)4)24-9-8-10-25-19/h16H,3,5-13H2,1-2,4H3. The Balaban J connectivity index is 2.81. The second kappa shape index (κ2) is 11.0. The highest BCUT2D eigenvalue weighted by molar-refractivity contribution is 8.18. The van der Waals surface area contributed by atoms with Gasteiger partial charge in [0.25, 0.3) is 0 Å². The normalized spacial score (nSPS) is 16.3. The molecule has 0 bridgehead atoms. The molecule has 0 aromatic heterocycles. The molecule has 0 unspecified atom stereocenters. The lowest BCUT2D eigenvalue weighted by atomic mass is 9.95. The molecule has 0 spiro atoms. The van der Waals surface area contributed by atoms with Crippen LogP contribution >= 0.6 is 23.5 Å².